The van der Waals surface area contributed by atoms with Crippen molar-refractivity contribution in [3.63, 3.8) is 0 Å². The van der Waals surface area contributed by atoms with Crippen LogP contribution in [0, 0.1) is 0 Å². The zero-order valence-corrected chi connectivity index (χ0v) is 15.5. The summed E-state index contributed by atoms with van der Waals surface area (Å²) < 4.78 is 53.4. The Hall–Kier alpha value is -1.20. The summed E-state index contributed by atoms with van der Waals surface area (Å²) in [6.07, 6.45) is -1.09. The van der Waals surface area contributed by atoms with E-state index in [0.717, 1.165) is 0 Å². The minimum absolute atomic E-state index is 0.0113. The highest BCUT2D eigenvalue weighted by molar-refractivity contribution is 7.91. The standard InChI is InChI=1S/C15H23NO7S2/c1-23-12-3-2-4-13(9-12)25(21,22)8-6-16(5-7-17)14-10-24(19,20)11-15(14)18/h2-4,9,14-15,17-18H,5-8,10-11H2,1H3/t14-,15+/m1/s1. The zero-order chi connectivity index (χ0) is 18.7. The molecule has 2 N–H and O–H groups in total. The van der Waals surface area contributed by atoms with E-state index in [-0.39, 0.29) is 41.9 Å². The van der Waals surface area contributed by atoms with Gasteiger partial charge in [0.15, 0.2) is 19.7 Å². The van der Waals surface area contributed by atoms with Crippen LogP contribution in [0.2, 0.25) is 0 Å². The summed E-state index contributed by atoms with van der Waals surface area (Å²) in [6.45, 7) is -0.162. The van der Waals surface area contributed by atoms with Gasteiger partial charge in [-0.2, -0.15) is 0 Å². The molecule has 2 atom stereocenters. The second kappa shape index (κ2) is 8.00. The first-order valence-electron chi connectivity index (χ1n) is 7.79. The number of methoxy groups -OCH3 is 1. The van der Waals surface area contributed by atoms with E-state index in [9.17, 15) is 27.0 Å². The number of benzene rings is 1. The molecule has 8 nitrogen and oxygen atoms in total. The molecule has 0 unspecified atom stereocenters. The molecule has 0 saturated carbocycles. The number of nitrogens with zero attached hydrogens (tertiary/aromatic N) is 1. The Balaban J connectivity index is 2.12. The van der Waals surface area contributed by atoms with Gasteiger partial charge in [-0.25, -0.2) is 16.8 Å². The molecule has 0 bridgehead atoms. The van der Waals surface area contributed by atoms with Gasteiger partial charge in [-0.05, 0) is 18.2 Å². The lowest BCUT2D eigenvalue weighted by Crippen LogP contribution is -2.46. The van der Waals surface area contributed by atoms with Crippen molar-refractivity contribution < 1.29 is 31.8 Å². The van der Waals surface area contributed by atoms with E-state index in [1.165, 1.54) is 24.1 Å². The van der Waals surface area contributed by atoms with Gasteiger partial charge in [0.1, 0.15) is 5.75 Å². The fourth-order valence-electron chi connectivity index (χ4n) is 2.88. The van der Waals surface area contributed by atoms with E-state index in [1.54, 1.807) is 12.1 Å². The van der Waals surface area contributed by atoms with E-state index >= 15 is 0 Å². The van der Waals surface area contributed by atoms with Crippen LogP contribution in [0.25, 0.3) is 0 Å². The summed E-state index contributed by atoms with van der Waals surface area (Å²) >= 11 is 0. The molecule has 1 fully saturated rings. The van der Waals surface area contributed by atoms with E-state index in [0.29, 0.717) is 5.75 Å². The van der Waals surface area contributed by atoms with Crippen molar-refractivity contribution in [2.75, 3.05) is 44.1 Å². The lowest BCUT2D eigenvalue weighted by molar-refractivity contribution is 0.0744. The largest absolute Gasteiger partial charge is 0.497 e. The van der Waals surface area contributed by atoms with Crippen LogP contribution in [-0.4, -0.2) is 88.2 Å². The third kappa shape index (κ3) is 5.14. The summed E-state index contributed by atoms with van der Waals surface area (Å²) in [4.78, 5) is 1.63. The summed E-state index contributed by atoms with van der Waals surface area (Å²) in [7, 11) is -5.54. The molecule has 10 heteroatoms. The molecular formula is C15H23NO7S2. The van der Waals surface area contributed by atoms with Crippen molar-refractivity contribution in [2.24, 2.45) is 0 Å². The van der Waals surface area contributed by atoms with Crippen molar-refractivity contribution in [3.8, 4) is 5.75 Å². The second-order valence-corrected chi connectivity index (χ2v) is 10.2. The Labute approximate surface area is 147 Å². The van der Waals surface area contributed by atoms with Gasteiger partial charge in [0, 0.05) is 13.1 Å². The van der Waals surface area contributed by atoms with Crippen LogP contribution >= 0.6 is 0 Å². The van der Waals surface area contributed by atoms with Gasteiger partial charge in [-0.3, -0.25) is 4.90 Å². The van der Waals surface area contributed by atoms with Gasteiger partial charge in [-0.15, -0.1) is 0 Å². The summed E-state index contributed by atoms with van der Waals surface area (Å²) in [6, 6.07) is 5.38. The first-order valence-corrected chi connectivity index (χ1v) is 11.3. The van der Waals surface area contributed by atoms with Crippen LogP contribution in [0.3, 0.4) is 0 Å². The third-order valence-corrected chi connectivity index (χ3v) is 7.59. The van der Waals surface area contributed by atoms with Crippen LogP contribution in [0.5, 0.6) is 5.75 Å². The number of aliphatic hydroxyl groups excluding tert-OH is 2. The second-order valence-electron chi connectivity index (χ2n) is 5.97. The molecule has 1 aromatic rings. The Morgan fingerprint density at radius 1 is 1.28 bits per heavy atom. The summed E-state index contributed by atoms with van der Waals surface area (Å²) in [5, 5.41) is 19.2. The number of hydrogen-bond donors (Lipinski definition) is 2. The first-order chi connectivity index (χ1) is 11.7. The van der Waals surface area contributed by atoms with Gasteiger partial charge in [0.05, 0.1) is 48.0 Å². The fourth-order valence-corrected chi connectivity index (χ4v) is 6.01. The number of sulfone groups is 2. The molecule has 25 heavy (non-hydrogen) atoms. The maximum atomic E-state index is 12.5. The topological polar surface area (TPSA) is 121 Å². The predicted octanol–water partition coefficient (Wildman–Crippen LogP) is -1.08. The van der Waals surface area contributed by atoms with Crippen molar-refractivity contribution in [1.29, 1.82) is 0 Å². The minimum Gasteiger partial charge on any atom is -0.497 e. The SMILES string of the molecule is COc1cccc(S(=O)(=O)CCN(CCO)[C@@H]2CS(=O)(=O)C[C@@H]2O)c1. The molecule has 0 aliphatic carbocycles. The lowest BCUT2D eigenvalue weighted by atomic mass is 10.2. The molecule has 0 aromatic heterocycles. The highest BCUT2D eigenvalue weighted by Gasteiger charge is 2.40. The van der Waals surface area contributed by atoms with Gasteiger partial charge >= 0.3 is 0 Å². The summed E-state index contributed by atoms with van der Waals surface area (Å²) in [5.41, 5.74) is 0. The number of hydrogen-bond acceptors (Lipinski definition) is 8. The van der Waals surface area contributed by atoms with Gasteiger partial charge in [0.2, 0.25) is 0 Å². The van der Waals surface area contributed by atoms with Gasteiger partial charge in [-0.1, -0.05) is 6.07 Å². The van der Waals surface area contributed by atoms with Gasteiger partial charge < -0.3 is 14.9 Å². The van der Waals surface area contributed by atoms with Crippen molar-refractivity contribution in [3.05, 3.63) is 24.3 Å². The molecule has 1 heterocycles. The maximum Gasteiger partial charge on any atom is 0.179 e. The smallest absolute Gasteiger partial charge is 0.179 e. The quantitative estimate of drug-likeness (QED) is 0.572. The fraction of sp³-hybridized carbons (Fsp3) is 0.600. The Morgan fingerprint density at radius 2 is 2.00 bits per heavy atom. The minimum atomic E-state index is -3.62. The molecule has 1 aromatic carbocycles. The van der Waals surface area contributed by atoms with Crippen LogP contribution in [-0.2, 0) is 19.7 Å². The van der Waals surface area contributed by atoms with Crippen LogP contribution < -0.4 is 4.74 Å². The Morgan fingerprint density at radius 3 is 2.56 bits per heavy atom. The van der Waals surface area contributed by atoms with E-state index in [2.05, 4.69) is 0 Å². The molecular weight excluding hydrogens is 370 g/mol. The molecule has 0 amide bonds. The molecule has 0 spiro atoms. The monoisotopic (exact) mass is 393 g/mol. The summed E-state index contributed by atoms with van der Waals surface area (Å²) in [5.74, 6) is -0.426. The average molecular weight is 393 g/mol. The van der Waals surface area contributed by atoms with Gasteiger partial charge in [0.25, 0.3) is 0 Å². The normalized spacial score (nSPS) is 23.0. The zero-order valence-electron chi connectivity index (χ0n) is 13.9. The van der Waals surface area contributed by atoms with E-state index < -0.39 is 31.8 Å². The van der Waals surface area contributed by atoms with Crippen molar-refractivity contribution in [1.82, 2.24) is 4.90 Å². The van der Waals surface area contributed by atoms with E-state index in [4.69, 9.17) is 4.74 Å². The highest BCUT2D eigenvalue weighted by atomic mass is 32.2. The number of ether oxygens (including phenoxy) is 1. The molecule has 1 saturated heterocycles. The van der Waals surface area contributed by atoms with Crippen molar-refractivity contribution in [2.45, 2.75) is 17.0 Å². The van der Waals surface area contributed by atoms with Crippen LogP contribution in [0.1, 0.15) is 0 Å². The lowest BCUT2D eigenvalue weighted by Gasteiger charge is -2.29. The Kier molecular flexibility index (Phi) is 6.44. The molecule has 142 valence electrons. The average Bonchev–Trinajstić information content (AvgIpc) is 2.84. The Bertz CT molecular complexity index is 792. The van der Waals surface area contributed by atoms with E-state index in [1.807, 2.05) is 0 Å². The first kappa shape index (κ1) is 20.1. The number of rotatable bonds is 8. The number of aliphatic hydroxyl groups is 2. The molecule has 1 aliphatic heterocycles. The predicted molar refractivity (Wildman–Crippen MR) is 92.2 cm³/mol. The maximum absolute atomic E-state index is 12.5. The van der Waals surface area contributed by atoms with Crippen molar-refractivity contribution >= 4 is 19.7 Å². The third-order valence-electron chi connectivity index (χ3n) is 4.20. The molecule has 0 radical (unpaired) electrons. The van der Waals surface area contributed by atoms with Crippen LogP contribution in [0.15, 0.2) is 29.2 Å². The molecule has 2 rings (SSSR count). The van der Waals surface area contributed by atoms with Crippen LogP contribution in [0.4, 0.5) is 0 Å². The highest BCUT2D eigenvalue weighted by Crippen LogP contribution is 2.21. The molecule has 1 aliphatic rings.